The summed E-state index contributed by atoms with van der Waals surface area (Å²) in [6.45, 7) is -0.122. The maximum atomic E-state index is 15.8. The first kappa shape index (κ1) is 26.8. The van der Waals surface area contributed by atoms with Gasteiger partial charge in [-0.15, -0.1) is 0 Å². The fourth-order valence-corrected chi connectivity index (χ4v) is 6.44. The van der Waals surface area contributed by atoms with Crippen LogP contribution in [0.25, 0.3) is 0 Å². The summed E-state index contributed by atoms with van der Waals surface area (Å²) in [6, 6.07) is -0.0806. The Morgan fingerprint density at radius 1 is 1.15 bits per heavy atom. The van der Waals surface area contributed by atoms with Crippen LogP contribution in [0.5, 0.6) is 5.75 Å². The van der Waals surface area contributed by atoms with Crippen molar-refractivity contribution in [1.82, 2.24) is 9.80 Å². The number of rotatable bonds is 5. The Labute approximate surface area is 223 Å². The number of nitrogens with zero attached hydrogens (tertiary/aromatic N) is 2. The number of hydrogen-bond acceptors (Lipinski definition) is 9. The van der Waals surface area contributed by atoms with Crippen molar-refractivity contribution in [3.8, 4) is 5.75 Å². The van der Waals surface area contributed by atoms with Crippen molar-refractivity contribution < 1.29 is 44.0 Å². The number of primary amides is 1. The third-order valence-electron chi connectivity index (χ3n) is 8.44. The molecule has 5 rings (SSSR count). The molecule has 1 saturated carbocycles. The van der Waals surface area contributed by atoms with Crippen LogP contribution in [0.15, 0.2) is 28.7 Å². The van der Waals surface area contributed by atoms with E-state index in [1.807, 2.05) is 0 Å². The molecule has 0 saturated heterocycles. The predicted molar refractivity (Wildman–Crippen MR) is 133 cm³/mol. The van der Waals surface area contributed by atoms with E-state index in [0.29, 0.717) is 0 Å². The molecule has 1 fully saturated rings. The SMILES string of the molecule is CN(Cc1cc(O)c2c(c1F)C[C@H]1C[C@H]3[C@H](N(C)C)C(O)=C(C(N)=O)C(=O)[C@@]3(O)C(O)=C1C2=O)C(=O)C1CC1. The number of phenolic OH excluding ortho intramolecular Hbond substituents is 1. The molecule has 4 atom stereocenters. The number of ketones is 2. The third kappa shape index (κ3) is 3.76. The van der Waals surface area contributed by atoms with Gasteiger partial charge in [-0.3, -0.25) is 24.1 Å². The summed E-state index contributed by atoms with van der Waals surface area (Å²) in [5.41, 5.74) is 0.802. The number of aromatic hydroxyl groups is 1. The molecule has 12 heteroatoms. The van der Waals surface area contributed by atoms with Gasteiger partial charge in [-0.1, -0.05) is 0 Å². The minimum absolute atomic E-state index is 0.0187. The van der Waals surface area contributed by atoms with Crippen molar-refractivity contribution in [3.05, 3.63) is 51.2 Å². The van der Waals surface area contributed by atoms with Gasteiger partial charge in [-0.2, -0.15) is 0 Å². The highest BCUT2D eigenvalue weighted by molar-refractivity contribution is 6.24. The van der Waals surface area contributed by atoms with E-state index in [1.54, 1.807) is 0 Å². The maximum absolute atomic E-state index is 15.8. The Kier molecular flexibility index (Phi) is 6.11. The van der Waals surface area contributed by atoms with Crippen molar-refractivity contribution in [2.24, 2.45) is 23.5 Å². The Bertz CT molecular complexity index is 1410. The zero-order chi connectivity index (χ0) is 28.7. The van der Waals surface area contributed by atoms with Crippen LogP contribution < -0.4 is 5.73 Å². The lowest BCUT2D eigenvalue weighted by Crippen LogP contribution is -2.63. The molecule has 208 valence electrons. The van der Waals surface area contributed by atoms with Gasteiger partial charge in [0.2, 0.25) is 11.7 Å². The van der Waals surface area contributed by atoms with E-state index in [2.05, 4.69) is 0 Å². The first-order valence-corrected chi connectivity index (χ1v) is 12.6. The number of nitrogens with two attached hydrogens (primary N) is 1. The number of phenols is 1. The smallest absolute Gasteiger partial charge is 0.255 e. The zero-order valence-electron chi connectivity index (χ0n) is 21.7. The van der Waals surface area contributed by atoms with Gasteiger partial charge in [-0.25, -0.2) is 4.39 Å². The zero-order valence-corrected chi connectivity index (χ0v) is 21.7. The normalized spacial score (nSPS) is 28.3. The second-order valence-electron chi connectivity index (χ2n) is 11.2. The van der Waals surface area contributed by atoms with Crippen molar-refractivity contribution in [2.75, 3.05) is 21.1 Å². The average Bonchev–Trinajstić information content (AvgIpc) is 3.69. The molecule has 6 N–H and O–H groups in total. The molecule has 1 aromatic carbocycles. The number of amides is 2. The molecule has 2 amide bonds. The molecule has 4 aliphatic carbocycles. The number of allylic oxidation sites excluding steroid dienone is 1. The van der Waals surface area contributed by atoms with Crippen LogP contribution in [0.2, 0.25) is 0 Å². The molecule has 0 spiro atoms. The van der Waals surface area contributed by atoms with E-state index in [4.69, 9.17) is 5.73 Å². The van der Waals surface area contributed by atoms with E-state index in [-0.39, 0.29) is 47.9 Å². The number of likely N-dealkylation sites (N-methyl/N-ethyl adjacent to an activating group) is 1. The lowest BCUT2D eigenvalue weighted by atomic mass is 9.58. The number of Topliss-reactive ketones (excluding diaryl/α,β-unsaturated/α-hetero) is 2. The van der Waals surface area contributed by atoms with Crippen LogP contribution in [-0.4, -0.2) is 86.4 Å². The average molecular weight is 544 g/mol. The molecule has 0 aliphatic heterocycles. The minimum Gasteiger partial charge on any atom is -0.510 e. The number of aliphatic hydroxyl groups excluding tert-OH is 2. The lowest BCUT2D eigenvalue weighted by Gasteiger charge is -2.50. The van der Waals surface area contributed by atoms with Gasteiger partial charge in [-0.05, 0) is 51.8 Å². The minimum atomic E-state index is -2.76. The molecule has 1 aromatic rings. The van der Waals surface area contributed by atoms with Crippen molar-refractivity contribution >= 4 is 23.4 Å². The van der Waals surface area contributed by atoms with Crippen LogP contribution in [0.1, 0.15) is 40.7 Å². The lowest BCUT2D eigenvalue weighted by molar-refractivity contribution is -0.148. The van der Waals surface area contributed by atoms with Crippen LogP contribution >= 0.6 is 0 Å². The molecule has 0 aromatic heterocycles. The van der Waals surface area contributed by atoms with Crippen molar-refractivity contribution in [2.45, 2.75) is 43.9 Å². The van der Waals surface area contributed by atoms with Crippen molar-refractivity contribution in [3.63, 3.8) is 0 Å². The Morgan fingerprint density at radius 2 is 1.79 bits per heavy atom. The standard InChI is InChI=1S/C27H30FN3O8/c1-30(2)20-14-7-11-6-13-17(15(32)8-12(19(13)28)9-31(3)26(38)10-4-5-10)21(33)16(11)23(35)27(14,39)24(36)18(22(20)34)25(29)37/h8,10-11,14,20,32,34-35,39H,4-7,9H2,1-3H3,(H2,29,37)/t11-,14-,20-,27-/m0/s1. The summed E-state index contributed by atoms with van der Waals surface area (Å²) in [5.74, 6) is -8.96. The number of halogens is 1. The molecule has 39 heavy (non-hydrogen) atoms. The van der Waals surface area contributed by atoms with Gasteiger partial charge >= 0.3 is 0 Å². The predicted octanol–water partition coefficient (Wildman–Crippen LogP) is 0.628. The largest absolute Gasteiger partial charge is 0.510 e. The molecule has 0 unspecified atom stereocenters. The second-order valence-corrected chi connectivity index (χ2v) is 11.2. The quantitative estimate of drug-likeness (QED) is 0.333. The highest BCUT2D eigenvalue weighted by atomic mass is 19.1. The van der Waals surface area contributed by atoms with E-state index in [1.165, 1.54) is 30.9 Å². The summed E-state index contributed by atoms with van der Waals surface area (Å²) < 4.78 is 15.8. The van der Waals surface area contributed by atoms with Crippen LogP contribution in [0.3, 0.4) is 0 Å². The Hall–Kier alpha value is -3.77. The maximum Gasteiger partial charge on any atom is 0.255 e. The van der Waals surface area contributed by atoms with Gasteiger partial charge in [0.1, 0.15) is 28.7 Å². The number of carbonyl (C=O) groups is 4. The van der Waals surface area contributed by atoms with E-state index < -0.39 is 75.2 Å². The highest BCUT2D eigenvalue weighted by Gasteiger charge is 2.63. The molecule has 0 bridgehead atoms. The number of aliphatic hydroxyl groups is 3. The fourth-order valence-electron chi connectivity index (χ4n) is 6.44. The monoisotopic (exact) mass is 543 g/mol. The number of carbonyl (C=O) groups excluding carboxylic acids is 4. The fraction of sp³-hybridized carbons (Fsp3) is 0.481. The summed E-state index contributed by atoms with van der Waals surface area (Å²) in [6.07, 6.45) is 1.23. The molecule has 0 radical (unpaired) electrons. The van der Waals surface area contributed by atoms with Gasteiger partial charge < -0.3 is 31.1 Å². The van der Waals surface area contributed by atoms with Crippen LogP contribution in [0, 0.1) is 23.6 Å². The van der Waals surface area contributed by atoms with Gasteiger partial charge in [0, 0.05) is 42.1 Å². The molecule has 4 aliphatic rings. The first-order valence-electron chi connectivity index (χ1n) is 12.6. The van der Waals surface area contributed by atoms with E-state index in [9.17, 15) is 39.6 Å². The molecule has 0 heterocycles. The van der Waals surface area contributed by atoms with Crippen LogP contribution in [0.4, 0.5) is 4.39 Å². The summed E-state index contributed by atoms with van der Waals surface area (Å²) in [4.78, 5) is 54.1. The summed E-state index contributed by atoms with van der Waals surface area (Å²) in [5, 5.41) is 44.4. The van der Waals surface area contributed by atoms with E-state index in [0.717, 1.165) is 18.9 Å². The number of fused-ring (bicyclic) bond motifs is 3. The van der Waals surface area contributed by atoms with Gasteiger partial charge in [0.15, 0.2) is 11.4 Å². The van der Waals surface area contributed by atoms with Crippen LogP contribution in [-0.2, 0) is 27.3 Å². The van der Waals surface area contributed by atoms with Gasteiger partial charge in [0.25, 0.3) is 5.91 Å². The summed E-state index contributed by atoms with van der Waals surface area (Å²) >= 11 is 0. The molecular weight excluding hydrogens is 513 g/mol. The highest BCUT2D eigenvalue weighted by Crippen LogP contribution is 2.52. The van der Waals surface area contributed by atoms with Gasteiger partial charge in [0.05, 0.1) is 11.6 Å². The first-order chi connectivity index (χ1) is 18.2. The topological polar surface area (TPSA) is 182 Å². The molecular formula is C27H30FN3O8. The second kappa shape index (κ2) is 8.88. The van der Waals surface area contributed by atoms with E-state index >= 15 is 4.39 Å². The third-order valence-corrected chi connectivity index (χ3v) is 8.44. The Balaban J connectivity index is 1.61. The number of benzene rings is 1. The van der Waals surface area contributed by atoms with Crippen molar-refractivity contribution in [1.29, 1.82) is 0 Å². The summed E-state index contributed by atoms with van der Waals surface area (Å²) in [7, 11) is 4.58. The molecule has 11 nitrogen and oxygen atoms in total. The Morgan fingerprint density at radius 3 is 2.36 bits per heavy atom. The number of hydrogen-bond donors (Lipinski definition) is 5.